The number of nitrogens with one attached hydrogen (secondary N) is 2. The van der Waals surface area contributed by atoms with Gasteiger partial charge in [0.25, 0.3) is 0 Å². The van der Waals surface area contributed by atoms with Gasteiger partial charge in [-0.25, -0.2) is 14.6 Å². The molecule has 10 heteroatoms. The number of carbonyl (C=O) groups is 3. The Balaban J connectivity index is 1.62. The molecule has 0 unspecified atom stereocenters. The number of H-pyrrole nitrogens is 2. The number of imidazole rings is 1. The number of para-hydroxylation sites is 1. The van der Waals surface area contributed by atoms with Gasteiger partial charge < -0.3 is 25.7 Å². The summed E-state index contributed by atoms with van der Waals surface area (Å²) in [5, 5.41) is 10.9. The average Bonchev–Trinajstić information content (AvgIpc) is 3.63. The predicted molar refractivity (Wildman–Crippen MR) is 152 cm³/mol. The summed E-state index contributed by atoms with van der Waals surface area (Å²) in [6.45, 7) is 5.11. The molecular weight excluding hydrogens is 508 g/mol. The third-order valence-electron chi connectivity index (χ3n) is 8.02. The highest BCUT2D eigenvalue weighted by molar-refractivity contribution is 5.98. The number of hydrogen-bond donors (Lipinski definition) is 4. The number of aromatic carboxylic acids is 1. The van der Waals surface area contributed by atoms with Gasteiger partial charge in [0.15, 0.2) is 5.69 Å². The van der Waals surface area contributed by atoms with E-state index in [1.165, 1.54) is 4.90 Å². The summed E-state index contributed by atoms with van der Waals surface area (Å²) in [7, 11) is 0. The van der Waals surface area contributed by atoms with E-state index >= 15 is 0 Å². The molecule has 3 heterocycles. The average molecular weight is 549 g/mol. The second-order valence-electron chi connectivity index (χ2n) is 11.7. The number of hydrogen-bond acceptors (Lipinski definition) is 5. The molecule has 5 N–H and O–H groups in total. The van der Waals surface area contributed by atoms with Crippen LogP contribution in [0.5, 0.6) is 0 Å². The molecule has 40 heavy (non-hydrogen) atoms. The van der Waals surface area contributed by atoms with Gasteiger partial charge in [-0.1, -0.05) is 44.9 Å². The minimum atomic E-state index is -1.12. The van der Waals surface area contributed by atoms with Gasteiger partial charge in [-0.05, 0) is 49.7 Å². The molecule has 1 aliphatic heterocycles. The Morgan fingerprint density at radius 2 is 1.82 bits per heavy atom. The highest BCUT2D eigenvalue weighted by Crippen LogP contribution is 2.42. The summed E-state index contributed by atoms with van der Waals surface area (Å²) in [5.74, 6) is -1.03. The number of rotatable bonds is 9. The Bertz CT molecular complexity index is 1370. The zero-order chi connectivity index (χ0) is 28.4. The lowest BCUT2D eigenvalue weighted by atomic mass is 9.99. The summed E-state index contributed by atoms with van der Waals surface area (Å²) >= 11 is 0. The van der Waals surface area contributed by atoms with Crippen LogP contribution in [0.1, 0.15) is 98.3 Å². The van der Waals surface area contributed by atoms with Crippen LogP contribution in [-0.4, -0.2) is 66.9 Å². The van der Waals surface area contributed by atoms with Crippen LogP contribution in [-0.2, 0) is 11.2 Å². The number of nitrogens with two attached hydrogens (primary N) is 1. The fourth-order valence-corrected chi connectivity index (χ4v) is 5.80. The van der Waals surface area contributed by atoms with E-state index in [0.717, 1.165) is 55.0 Å². The molecule has 2 aromatic heterocycles. The molecule has 1 saturated heterocycles. The van der Waals surface area contributed by atoms with Crippen molar-refractivity contribution in [2.24, 2.45) is 11.7 Å². The smallest absolute Gasteiger partial charge is 0.356 e. The molecule has 0 bridgehead atoms. The van der Waals surface area contributed by atoms with Crippen LogP contribution in [0.15, 0.2) is 30.5 Å². The number of likely N-dealkylation sites (tertiary alicyclic amines) is 1. The van der Waals surface area contributed by atoms with Crippen LogP contribution in [0.3, 0.4) is 0 Å². The first-order valence-corrected chi connectivity index (χ1v) is 14.5. The maximum atomic E-state index is 14.3. The topological polar surface area (TPSA) is 148 Å². The van der Waals surface area contributed by atoms with Crippen molar-refractivity contribution in [3.63, 3.8) is 0 Å². The molecule has 0 spiro atoms. The first-order valence-electron chi connectivity index (χ1n) is 14.5. The summed E-state index contributed by atoms with van der Waals surface area (Å²) in [6, 6.07) is 5.72. The van der Waals surface area contributed by atoms with E-state index < -0.39 is 30.0 Å². The second-order valence-corrected chi connectivity index (χ2v) is 11.7. The quantitative estimate of drug-likeness (QED) is 0.297. The highest BCUT2D eigenvalue weighted by atomic mass is 16.4. The molecule has 5 rings (SSSR count). The van der Waals surface area contributed by atoms with E-state index in [1.54, 1.807) is 4.90 Å². The lowest BCUT2D eigenvalue weighted by Gasteiger charge is -2.35. The lowest BCUT2D eigenvalue weighted by molar-refractivity contribution is -0.132. The number of urea groups is 1. The maximum absolute atomic E-state index is 14.3. The molecule has 3 aromatic rings. The van der Waals surface area contributed by atoms with Crippen LogP contribution < -0.4 is 5.73 Å². The standard InChI is InChI=1S/C30H40N6O4/c1-18(2)15-22(31)28(37)36(30(40)35-13-7-3-4-8-14-35)24(16-20-17-32-23-10-6-5-9-21(20)23)27-33-25(19-11-12-19)26(34-27)29(38)39/h5-6,9-10,17-19,22,24,32H,3-4,7-8,11-16,31H2,1-2H3,(H,33,34)(H,38,39)/t22-,24+/m0/s1. The molecule has 0 radical (unpaired) electrons. The molecule has 214 valence electrons. The van der Waals surface area contributed by atoms with Crippen molar-refractivity contribution in [3.8, 4) is 0 Å². The molecule has 2 atom stereocenters. The van der Waals surface area contributed by atoms with Gasteiger partial charge in [-0.15, -0.1) is 0 Å². The van der Waals surface area contributed by atoms with Crippen molar-refractivity contribution in [2.75, 3.05) is 13.1 Å². The highest BCUT2D eigenvalue weighted by Gasteiger charge is 2.40. The molecule has 1 saturated carbocycles. The fraction of sp³-hybridized carbons (Fsp3) is 0.533. The number of nitrogens with zero attached hydrogens (tertiary/aromatic N) is 3. The summed E-state index contributed by atoms with van der Waals surface area (Å²) in [6.07, 6.45) is 8.14. The van der Waals surface area contributed by atoms with E-state index in [2.05, 4.69) is 15.0 Å². The molecule has 3 amide bonds. The van der Waals surface area contributed by atoms with Crippen LogP contribution in [0.2, 0.25) is 0 Å². The molecule has 1 aliphatic carbocycles. The Morgan fingerprint density at radius 3 is 2.48 bits per heavy atom. The molecule has 1 aromatic carbocycles. The zero-order valence-electron chi connectivity index (χ0n) is 23.4. The fourth-order valence-electron chi connectivity index (χ4n) is 5.80. The van der Waals surface area contributed by atoms with Crippen molar-refractivity contribution in [3.05, 3.63) is 53.2 Å². The maximum Gasteiger partial charge on any atom is 0.356 e. The van der Waals surface area contributed by atoms with Gasteiger partial charge in [0.05, 0.1) is 11.7 Å². The number of carboxylic acid groups (broad SMARTS) is 1. The number of carboxylic acids is 1. The second kappa shape index (κ2) is 11.8. The van der Waals surface area contributed by atoms with Gasteiger partial charge in [0.2, 0.25) is 5.91 Å². The van der Waals surface area contributed by atoms with Crippen LogP contribution in [0, 0.1) is 5.92 Å². The monoisotopic (exact) mass is 548 g/mol. The van der Waals surface area contributed by atoms with Gasteiger partial charge >= 0.3 is 12.0 Å². The van der Waals surface area contributed by atoms with E-state index in [0.29, 0.717) is 31.0 Å². The SMILES string of the molecule is CC(C)C[C@H](N)C(=O)N(C(=O)N1CCCCCC1)[C@H](Cc1c[nH]c2ccccc12)c1nc(C(=O)O)c(C2CC2)[nH]1. The number of imide groups is 1. The summed E-state index contributed by atoms with van der Waals surface area (Å²) in [5.41, 5.74) is 8.81. The van der Waals surface area contributed by atoms with Crippen molar-refractivity contribution >= 4 is 28.8 Å². The summed E-state index contributed by atoms with van der Waals surface area (Å²) in [4.78, 5) is 54.7. The van der Waals surface area contributed by atoms with Crippen molar-refractivity contribution < 1.29 is 19.5 Å². The number of aromatic nitrogens is 3. The first-order chi connectivity index (χ1) is 19.2. The van der Waals surface area contributed by atoms with E-state index in [1.807, 2.05) is 44.3 Å². The van der Waals surface area contributed by atoms with Crippen LogP contribution in [0.4, 0.5) is 4.79 Å². The third-order valence-corrected chi connectivity index (χ3v) is 8.02. The van der Waals surface area contributed by atoms with E-state index in [-0.39, 0.29) is 24.0 Å². The largest absolute Gasteiger partial charge is 0.476 e. The lowest BCUT2D eigenvalue weighted by Crippen LogP contribution is -2.54. The zero-order valence-corrected chi connectivity index (χ0v) is 23.4. The van der Waals surface area contributed by atoms with Gasteiger partial charge in [0, 0.05) is 42.5 Å². The Kier molecular flexibility index (Phi) is 8.25. The van der Waals surface area contributed by atoms with Gasteiger partial charge in [-0.2, -0.15) is 0 Å². The van der Waals surface area contributed by atoms with Crippen molar-refractivity contribution in [2.45, 2.75) is 83.2 Å². The van der Waals surface area contributed by atoms with Gasteiger partial charge in [0.1, 0.15) is 11.9 Å². The Labute approximate surface area is 234 Å². The minimum absolute atomic E-state index is 0.0393. The first kappa shape index (κ1) is 27.9. The van der Waals surface area contributed by atoms with Crippen molar-refractivity contribution in [1.82, 2.24) is 24.8 Å². The predicted octanol–water partition coefficient (Wildman–Crippen LogP) is 4.95. The Hall–Kier alpha value is -3.66. The van der Waals surface area contributed by atoms with Crippen molar-refractivity contribution in [1.29, 1.82) is 0 Å². The molecule has 10 nitrogen and oxygen atoms in total. The summed E-state index contributed by atoms with van der Waals surface area (Å²) < 4.78 is 0. The molecular formula is C30H40N6O4. The number of amides is 3. The van der Waals surface area contributed by atoms with Crippen LogP contribution in [0.25, 0.3) is 10.9 Å². The van der Waals surface area contributed by atoms with Gasteiger partial charge in [-0.3, -0.25) is 9.69 Å². The molecule has 2 aliphatic rings. The number of fused-ring (bicyclic) bond motifs is 1. The van der Waals surface area contributed by atoms with E-state index in [4.69, 9.17) is 5.73 Å². The number of benzene rings is 1. The van der Waals surface area contributed by atoms with E-state index in [9.17, 15) is 19.5 Å². The normalized spacial score (nSPS) is 17.6. The molecule has 2 fully saturated rings. The third kappa shape index (κ3) is 5.91. The number of carbonyl (C=O) groups excluding carboxylic acids is 2. The number of aromatic amines is 2. The van der Waals surface area contributed by atoms with Crippen LogP contribution >= 0.6 is 0 Å². The Morgan fingerprint density at radius 1 is 1.12 bits per heavy atom. The minimum Gasteiger partial charge on any atom is -0.476 e.